The van der Waals surface area contributed by atoms with E-state index in [1.807, 2.05) is 73.0 Å². The van der Waals surface area contributed by atoms with Crippen LogP contribution >= 0.6 is 11.8 Å². The molecule has 0 aliphatic heterocycles. The zero-order chi connectivity index (χ0) is 19.8. The lowest BCUT2D eigenvalue weighted by molar-refractivity contribution is -0.118. The molecular formula is C21H24N4O2S. The third kappa shape index (κ3) is 4.92. The molecule has 2 aromatic carbocycles. The maximum absolute atomic E-state index is 12.2. The van der Waals surface area contributed by atoms with Crippen LogP contribution in [0.25, 0.3) is 11.4 Å². The molecule has 0 bridgehead atoms. The van der Waals surface area contributed by atoms with E-state index in [1.54, 1.807) is 0 Å². The van der Waals surface area contributed by atoms with Gasteiger partial charge in [-0.3, -0.25) is 4.79 Å². The van der Waals surface area contributed by atoms with Gasteiger partial charge in [-0.1, -0.05) is 54.2 Å². The van der Waals surface area contributed by atoms with Gasteiger partial charge in [0.25, 0.3) is 0 Å². The predicted molar refractivity (Wildman–Crippen MR) is 111 cm³/mol. The van der Waals surface area contributed by atoms with Crippen molar-refractivity contribution >= 4 is 17.7 Å². The van der Waals surface area contributed by atoms with Crippen molar-refractivity contribution in [1.82, 2.24) is 20.1 Å². The second kappa shape index (κ2) is 9.94. The molecule has 146 valence electrons. The molecule has 0 radical (unpaired) electrons. The van der Waals surface area contributed by atoms with Gasteiger partial charge < -0.3 is 14.6 Å². The Labute approximate surface area is 169 Å². The van der Waals surface area contributed by atoms with Gasteiger partial charge in [0.1, 0.15) is 5.75 Å². The fourth-order valence-corrected chi connectivity index (χ4v) is 3.62. The lowest BCUT2D eigenvalue weighted by atomic mass is 10.2. The molecule has 0 saturated heterocycles. The second-order valence-electron chi connectivity index (χ2n) is 6.03. The quantitative estimate of drug-likeness (QED) is 0.558. The van der Waals surface area contributed by atoms with Crippen molar-refractivity contribution in [3.63, 3.8) is 0 Å². The van der Waals surface area contributed by atoms with Gasteiger partial charge in [0.15, 0.2) is 11.0 Å². The highest BCUT2D eigenvalue weighted by atomic mass is 32.2. The third-order valence-electron chi connectivity index (χ3n) is 4.13. The fourth-order valence-electron chi connectivity index (χ4n) is 2.79. The molecule has 0 unspecified atom stereocenters. The molecule has 0 atom stereocenters. The van der Waals surface area contributed by atoms with Gasteiger partial charge in [-0.25, -0.2) is 0 Å². The molecule has 0 fully saturated rings. The highest BCUT2D eigenvalue weighted by Gasteiger charge is 2.17. The zero-order valence-electron chi connectivity index (χ0n) is 16.1. The van der Waals surface area contributed by atoms with Gasteiger partial charge in [-0.05, 0) is 31.5 Å². The molecule has 0 spiro atoms. The van der Waals surface area contributed by atoms with Gasteiger partial charge in [0.05, 0.1) is 17.9 Å². The molecule has 6 nitrogen and oxygen atoms in total. The maximum atomic E-state index is 12.2. The first-order chi connectivity index (χ1) is 13.7. The van der Waals surface area contributed by atoms with Crippen LogP contribution in [0.2, 0.25) is 0 Å². The second-order valence-corrected chi connectivity index (χ2v) is 6.97. The predicted octanol–water partition coefficient (Wildman–Crippen LogP) is 3.77. The molecular weight excluding hydrogens is 372 g/mol. The zero-order valence-corrected chi connectivity index (χ0v) is 16.9. The molecule has 0 saturated carbocycles. The van der Waals surface area contributed by atoms with Crippen molar-refractivity contribution < 1.29 is 9.53 Å². The maximum Gasteiger partial charge on any atom is 0.230 e. The molecule has 1 heterocycles. The summed E-state index contributed by atoms with van der Waals surface area (Å²) in [7, 11) is 0. The van der Waals surface area contributed by atoms with Gasteiger partial charge in [0, 0.05) is 13.1 Å². The summed E-state index contributed by atoms with van der Waals surface area (Å²) in [5.41, 5.74) is 1.98. The molecule has 0 aliphatic carbocycles. The minimum Gasteiger partial charge on any atom is -0.493 e. The van der Waals surface area contributed by atoms with E-state index in [2.05, 4.69) is 15.5 Å². The summed E-state index contributed by atoms with van der Waals surface area (Å²) in [5, 5.41) is 12.3. The lowest BCUT2D eigenvalue weighted by Gasteiger charge is -2.11. The number of carbonyl (C=O) groups excluding carboxylic acids is 1. The number of ether oxygens (including phenoxy) is 1. The van der Waals surface area contributed by atoms with Crippen LogP contribution < -0.4 is 10.1 Å². The largest absolute Gasteiger partial charge is 0.493 e. The van der Waals surface area contributed by atoms with Crippen molar-refractivity contribution in [2.75, 3.05) is 12.4 Å². The monoisotopic (exact) mass is 396 g/mol. The van der Waals surface area contributed by atoms with E-state index in [0.717, 1.165) is 27.9 Å². The van der Waals surface area contributed by atoms with Crippen molar-refractivity contribution in [2.24, 2.45) is 0 Å². The number of hydrogen-bond acceptors (Lipinski definition) is 5. The summed E-state index contributed by atoms with van der Waals surface area (Å²) in [4.78, 5) is 12.2. The van der Waals surface area contributed by atoms with Crippen LogP contribution in [0.15, 0.2) is 59.8 Å². The standard InChI is InChI=1S/C21H24N4O2S/c1-3-25-20(17-12-8-9-13-18(17)27-4-2)23-24-21(25)28-15-19(26)22-14-16-10-6-5-7-11-16/h5-13H,3-4,14-15H2,1-2H3,(H,22,26). The smallest absolute Gasteiger partial charge is 0.230 e. The van der Waals surface area contributed by atoms with E-state index in [4.69, 9.17) is 4.74 Å². The highest BCUT2D eigenvalue weighted by molar-refractivity contribution is 7.99. The number of thioether (sulfide) groups is 1. The highest BCUT2D eigenvalue weighted by Crippen LogP contribution is 2.31. The number of rotatable bonds is 9. The fraction of sp³-hybridized carbons (Fsp3) is 0.286. The number of nitrogens with one attached hydrogen (secondary N) is 1. The van der Waals surface area contributed by atoms with Crippen molar-refractivity contribution in [3.05, 3.63) is 60.2 Å². The topological polar surface area (TPSA) is 69.0 Å². The molecule has 1 N–H and O–H groups in total. The normalized spacial score (nSPS) is 10.6. The summed E-state index contributed by atoms with van der Waals surface area (Å²) in [6, 6.07) is 17.7. The van der Waals surface area contributed by atoms with Crippen LogP contribution in [0, 0.1) is 0 Å². The van der Waals surface area contributed by atoms with Crippen LogP contribution in [0.1, 0.15) is 19.4 Å². The number of hydrogen-bond donors (Lipinski definition) is 1. The molecule has 3 rings (SSSR count). The Balaban J connectivity index is 1.66. The third-order valence-corrected chi connectivity index (χ3v) is 5.09. The van der Waals surface area contributed by atoms with Gasteiger partial charge in [-0.2, -0.15) is 0 Å². The van der Waals surface area contributed by atoms with Gasteiger partial charge >= 0.3 is 0 Å². The molecule has 28 heavy (non-hydrogen) atoms. The Kier molecular flexibility index (Phi) is 7.08. The summed E-state index contributed by atoms with van der Waals surface area (Å²) < 4.78 is 7.73. The van der Waals surface area contributed by atoms with E-state index in [0.29, 0.717) is 19.7 Å². The molecule has 0 aliphatic rings. The molecule has 3 aromatic rings. The molecule has 7 heteroatoms. The van der Waals surface area contributed by atoms with Gasteiger partial charge in [-0.15, -0.1) is 10.2 Å². The van der Waals surface area contributed by atoms with E-state index in [1.165, 1.54) is 11.8 Å². The molecule has 1 aromatic heterocycles. The van der Waals surface area contributed by atoms with Gasteiger partial charge in [0.2, 0.25) is 5.91 Å². The van der Waals surface area contributed by atoms with Crippen LogP contribution in [-0.4, -0.2) is 33.0 Å². The Morgan fingerprint density at radius 1 is 1.07 bits per heavy atom. The summed E-state index contributed by atoms with van der Waals surface area (Å²) in [5.74, 6) is 1.79. The number of carbonyl (C=O) groups is 1. The van der Waals surface area contributed by atoms with Crippen molar-refractivity contribution in [1.29, 1.82) is 0 Å². The van der Waals surface area contributed by atoms with Crippen molar-refractivity contribution in [3.8, 4) is 17.1 Å². The average Bonchev–Trinajstić information content (AvgIpc) is 3.15. The number of amides is 1. The first kappa shape index (κ1) is 19.9. The van der Waals surface area contributed by atoms with Crippen LogP contribution in [0.4, 0.5) is 0 Å². The average molecular weight is 397 g/mol. The van der Waals surface area contributed by atoms with Crippen LogP contribution in [0.5, 0.6) is 5.75 Å². The number of para-hydroxylation sites is 1. The van der Waals surface area contributed by atoms with E-state index < -0.39 is 0 Å². The SMILES string of the molecule is CCOc1ccccc1-c1nnc(SCC(=O)NCc2ccccc2)n1CC. The Bertz CT molecular complexity index is 912. The Morgan fingerprint density at radius 2 is 1.82 bits per heavy atom. The Morgan fingerprint density at radius 3 is 2.57 bits per heavy atom. The molecule has 1 amide bonds. The van der Waals surface area contributed by atoms with E-state index in [9.17, 15) is 4.79 Å². The van der Waals surface area contributed by atoms with E-state index in [-0.39, 0.29) is 11.7 Å². The first-order valence-corrected chi connectivity index (χ1v) is 10.3. The number of benzene rings is 2. The summed E-state index contributed by atoms with van der Waals surface area (Å²) in [6.45, 7) is 5.80. The number of nitrogens with zero attached hydrogens (tertiary/aromatic N) is 3. The van der Waals surface area contributed by atoms with Crippen LogP contribution in [0.3, 0.4) is 0 Å². The summed E-state index contributed by atoms with van der Waals surface area (Å²) in [6.07, 6.45) is 0. The number of aromatic nitrogens is 3. The summed E-state index contributed by atoms with van der Waals surface area (Å²) >= 11 is 1.39. The lowest BCUT2D eigenvalue weighted by Crippen LogP contribution is -2.24. The first-order valence-electron chi connectivity index (χ1n) is 9.31. The van der Waals surface area contributed by atoms with Crippen LogP contribution in [-0.2, 0) is 17.9 Å². The van der Waals surface area contributed by atoms with Crippen molar-refractivity contribution in [2.45, 2.75) is 32.1 Å². The van der Waals surface area contributed by atoms with E-state index >= 15 is 0 Å². The minimum absolute atomic E-state index is 0.0317. The Hall–Kier alpha value is -2.80. The minimum atomic E-state index is -0.0317.